The van der Waals surface area contributed by atoms with Gasteiger partial charge in [-0.2, -0.15) is 18.4 Å². The zero-order valence-electron chi connectivity index (χ0n) is 12.9. The summed E-state index contributed by atoms with van der Waals surface area (Å²) < 4.78 is 43.3. The zero-order valence-corrected chi connectivity index (χ0v) is 12.9. The minimum Gasteiger partial charge on any atom is -0.472 e. The summed E-state index contributed by atoms with van der Waals surface area (Å²) >= 11 is 0. The summed E-state index contributed by atoms with van der Waals surface area (Å²) in [4.78, 5) is 13.7. The van der Waals surface area contributed by atoms with Gasteiger partial charge in [0.15, 0.2) is 0 Å². The van der Waals surface area contributed by atoms with Crippen LogP contribution in [0.25, 0.3) is 0 Å². The molecular formula is C17H15F3N2O2. The number of alkyl halides is 3. The molecule has 0 aliphatic heterocycles. The van der Waals surface area contributed by atoms with Gasteiger partial charge < -0.3 is 9.32 Å². The first-order valence-corrected chi connectivity index (χ1v) is 7.17. The predicted molar refractivity (Wildman–Crippen MR) is 79.5 cm³/mol. The minimum absolute atomic E-state index is 0.0154. The Morgan fingerprint density at radius 3 is 2.67 bits per heavy atom. The Kier molecular flexibility index (Phi) is 5.29. The van der Waals surface area contributed by atoms with Gasteiger partial charge in [0.05, 0.1) is 30.6 Å². The van der Waals surface area contributed by atoms with Gasteiger partial charge in [0.2, 0.25) is 5.91 Å². The second-order valence-corrected chi connectivity index (χ2v) is 5.33. The van der Waals surface area contributed by atoms with Gasteiger partial charge in [-0.1, -0.05) is 12.1 Å². The lowest BCUT2D eigenvalue weighted by molar-refractivity contribution is -0.137. The third-order valence-corrected chi connectivity index (χ3v) is 3.52. The largest absolute Gasteiger partial charge is 0.472 e. The molecule has 2 aromatic rings. The summed E-state index contributed by atoms with van der Waals surface area (Å²) in [5.74, 6) is -0.358. The van der Waals surface area contributed by atoms with Crippen LogP contribution in [-0.4, -0.2) is 16.8 Å². The van der Waals surface area contributed by atoms with Gasteiger partial charge in [-0.25, -0.2) is 0 Å². The lowest BCUT2D eigenvalue weighted by Gasteiger charge is -2.25. The molecule has 7 heteroatoms. The van der Waals surface area contributed by atoms with Crippen LogP contribution >= 0.6 is 0 Å². The first-order chi connectivity index (χ1) is 11.3. The average molecular weight is 336 g/mol. The van der Waals surface area contributed by atoms with Crippen molar-refractivity contribution in [2.24, 2.45) is 0 Å². The van der Waals surface area contributed by atoms with Crippen LogP contribution in [0, 0.1) is 11.3 Å². The maximum Gasteiger partial charge on any atom is 0.416 e. The molecule has 0 fully saturated rings. The maximum atomic E-state index is 12.8. The molecule has 4 nitrogen and oxygen atoms in total. The van der Waals surface area contributed by atoms with E-state index in [4.69, 9.17) is 9.68 Å². The van der Waals surface area contributed by atoms with E-state index in [1.54, 1.807) is 6.07 Å². The average Bonchev–Trinajstić information content (AvgIpc) is 3.04. The number of carbonyl (C=O) groups is 1. The number of hydrogen-bond acceptors (Lipinski definition) is 3. The van der Waals surface area contributed by atoms with Crippen LogP contribution < -0.4 is 0 Å². The summed E-state index contributed by atoms with van der Waals surface area (Å²) in [7, 11) is 0. The Morgan fingerprint density at radius 2 is 2.08 bits per heavy atom. The third-order valence-electron chi connectivity index (χ3n) is 3.52. The second kappa shape index (κ2) is 7.21. The fraction of sp³-hybridized carbons (Fsp3) is 0.294. The molecule has 0 radical (unpaired) electrons. The van der Waals surface area contributed by atoms with Gasteiger partial charge >= 0.3 is 6.18 Å². The molecule has 0 aliphatic rings. The maximum absolute atomic E-state index is 12.8. The van der Waals surface area contributed by atoms with Crippen molar-refractivity contribution in [2.75, 3.05) is 0 Å². The highest BCUT2D eigenvalue weighted by Crippen LogP contribution is 2.29. The molecular weight excluding hydrogens is 321 g/mol. The van der Waals surface area contributed by atoms with E-state index in [0.29, 0.717) is 11.1 Å². The smallest absolute Gasteiger partial charge is 0.416 e. The van der Waals surface area contributed by atoms with Gasteiger partial charge in [0.25, 0.3) is 0 Å². The van der Waals surface area contributed by atoms with E-state index in [-0.39, 0.29) is 18.9 Å². The molecule has 0 bridgehead atoms. The Balaban J connectivity index is 2.20. The summed E-state index contributed by atoms with van der Waals surface area (Å²) in [5.41, 5.74) is 0.165. The van der Waals surface area contributed by atoms with Crippen molar-refractivity contribution in [1.29, 1.82) is 5.26 Å². The molecule has 0 N–H and O–H groups in total. The van der Waals surface area contributed by atoms with Crippen molar-refractivity contribution >= 4 is 5.91 Å². The Morgan fingerprint density at radius 1 is 1.33 bits per heavy atom. The standard InChI is InChI=1S/C17H15F3N2O2/c1-12(9-21)22(16(23)8-14-5-6-24-11-14)10-13-3-2-4-15(7-13)17(18,19)20/h2-7,11-12H,8,10H2,1H3. The molecule has 1 amide bonds. The quantitative estimate of drug-likeness (QED) is 0.835. The molecule has 1 atom stereocenters. The number of amides is 1. The molecule has 0 aliphatic carbocycles. The van der Waals surface area contributed by atoms with Crippen molar-refractivity contribution in [2.45, 2.75) is 32.1 Å². The SMILES string of the molecule is CC(C#N)N(Cc1cccc(C(F)(F)F)c1)C(=O)Cc1ccoc1. The topological polar surface area (TPSA) is 57.2 Å². The molecule has 1 heterocycles. The number of rotatable bonds is 5. The number of nitrogens with zero attached hydrogens (tertiary/aromatic N) is 2. The first-order valence-electron chi connectivity index (χ1n) is 7.17. The van der Waals surface area contributed by atoms with Gasteiger partial charge in [0.1, 0.15) is 6.04 Å². The van der Waals surface area contributed by atoms with Gasteiger partial charge in [0, 0.05) is 6.54 Å². The summed E-state index contributed by atoms with van der Waals surface area (Å²) in [6.07, 6.45) is -1.60. The fourth-order valence-electron chi connectivity index (χ4n) is 2.22. The molecule has 1 aromatic carbocycles. The van der Waals surface area contributed by atoms with Crippen LogP contribution in [0.5, 0.6) is 0 Å². The summed E-state index contributed by atoms with van der Waals surface area (Å²) in [6.45, 7) is 1.45. The van der Waals surface area contributed by atoms with E-state index >= 15 is 0 Å². The van der Waals surface area contributed by atoms with Gasteiger partial charge in [-0.3, -0.25) is 4.79 Å². The number of halogens is 3. The Labute approximate surface area is 137 Å². The van der Waals surface area contributed by atoms with Crippen LogP contribution in [0.15, 0.2) is 47.3 Å². The summed E-state index contributed by atoms with van der Waals surface area (Å²) in [5, 5.41) is 9.10. The Bertz CT molecular complexity index is 733. The minimum atomic E-state index is -4.46. The van der Waals surface area contributed by atoms with Gasteiger partial charge in [-0.15, -0.1) is 0 Å². The Hall–Kier alpha value is -2.75. The van der Waals surface area contributed by atoms with Crippen molar-refractivity contribution in [3.63, 3.8) is 0 Å². The van der Waals surface area contributed by atoms with E-state index in [1.807, 2.05) is 6.07 Å². The number of carbonyl (C=O) groups excluding carboxylic acids is 1. The highest BCUT2D eigenvalue weighted by Gasteiger charge is 2.30. The van der Waals surface area contributed by atoms with Crippen LogP contribution in [0.2, 0.25) is 0 Å². The van der Waals surface area contributed by atoms with E-state index in [0.717, 1.165) is 12.1 Å². The molecule has 2 rings (SSSR count). The first kappa shape index (κ1) is 17.6. The van der Waals surface area contributed by atoms with Crippen molar-refractivity contribution in [1.82, 2.24) is 4.90 Å². The van der Waals surface area contributed by atoms with E-state index < -0.39 is 17.8 Å². The molecule has 24 heavy (non-hydrogen) atoms. The second-order valence-electron chi connectivity index (χ2n) is 5.33. The number of benzene rings is 1. The van der Waals surface area contributed by atoms with Gasteiger partial charge in [-0.05, 0) is 36.2 Å². The third kappa shape index (κ3) is 4.38. The van der Waals surface area contributed by atoms with E-state index in [9.17, 15) is 18.0 Å². The van der Waals surface area contributed by atoms with Crippen LogP contribution in [0.3, 0.4) is 0 Å². The molecule has 1 unspecified atom stereocenters. The van der Waals surface area contributed by atoms with Crippen LogP contribution in [-0.2, 0) is 23.9 Å². The molecule has 1 aromatic heterocycles. The highest BCUT2D eigenvalue weighted by molar-refractivity contribution is 5.79. The molecule has 0 saturated carbocycles. The normalized spacial score (nSPS) is 12.5. The lowest BCUT2D eigenvalue weighted by Crippen LogP contribution is -2.38. The fourth-order valence-corrected chi connectivity index (χ4v) is 2.22. The molecule has 0 saturated heterocycles. The molecule has 0 spiro atoms. The van der Waals surface area contributed by atoms with Crippen molar-refractivity contribution < 1.29 is 22.4 Å². The van der Waals surface area contributed by atoms with Crippen LogP contribution in [0.1, 0.15) is 23.6 Å². The zero-order chi connectivity index (χ0) is 17.7. The monoisotopic (exact) mass is 336 g/mol. The lowest BCUT2D eigenvalue weighted by atomic mass is 10.1. The predicted octanol–water partition coefficient (Wildman–Crippen LogP) is 3.78. The van der Waals surface area contributed by atoms with E-state index in [1.165, 1.54) is 36.5 Å². The van der Waals surface area contributed by atoms with E-state index in [2.05, 4.69) is 0 Å². The number of furan rings is 1. The number of nitriles is 1. The van der Waals surface area contributed by atoms with Crippen LogP contribution in [0.4, 0.5) is 13.2 Å². The highest BCUT2D eigenvalue weighted by atomic mass is 19.4. The summed E-state index contributed by atoms with van der Waals surface area (Å²) in [6, 6.07) is 7.55. The molecule has 126 valence electrons. The number of hydrogen-bond donors (Lipinski definition) is 0. The van der Waals surface area contributed by atoms with Crippen molar-refractivity contribution in [3.05, 3.63) is 59.5 Å². The van der Waals surface area contributed by atoms with Crippen molar-refractivity contribution in [3.8, 4) is 6.07 Å².